The van der Waals surface area contributed by atoms with Gasteiger partial charge in [-0.2, -0.15) is 0 Å². The van der Waals surface area contributed by atoms with E-state index in [1.54, 1.807) is 25.2 Å². The van der Waals surface area contributed by atoms with Crippen LogP contribution in [0.2, 0.25) is 0 Å². The molecule has 0 saturated carbocycles. The van der Waals surface area contributed by atoms with E-state index < -0.39 is 11.8 Å². The molecule has 112 valence electrons. The number of amides is 3. The second kappa shape index (κ2) is 5.65. The first-order valence-electron chi connectivity index (χ1n) is 6.79. The van der Waals surface area contributed by atoms with E-state index in [9.17, 15) is 14.4 Å². The number of imide groups is 1. The van der Waals surface area contributed by atoms with Crippen molar-refractivity contribution in [3.05, 3.63) is 34.9 Å². The first kappa shape index (κ1) is 15.2. The average Bonchev–Trinajstić information content (AvgIpc) is 2.70. The lowest BCUT2D eigenvalue weighted by Crippen LogP contribution is -2.46. The highest BCUT2D eigenvalue weighted by Gasteiger charge is 2.37. The Morgan fingerprint density at radius 3 is 2.52 bits per heavy atom. The predicted octanol–water partition coefficient (Wildman–Crippen LogP) is 0.397. The van der Waals surface area contributed by atoms with Gasteiger partial charge in [0, 0.05) is 19.6 Å². The normalized spacial score (nSPS) is 15.1. The zero-order valence-electron chi connectivity index (χ0n) is 12.4. The Hall–Kier alpha value is -2.21. The highest BCUT2D eigenvalue weighted by Crippen LogP contribution is 2.23. The summed E-state index contributed by atoms with van der Waals surface area (Å²) in [4.78, 5) is 39.1. The van der Waals surface area contributed by atoms with E-state index in [-0.39, 0.29) is 18.5 Å². The lowest BCUT2D eigenvalue weighted by Gasteiger charge is -2.25. The third-order valence-electron chi connectivity index (χ3n) is 3.82. The Kier molecular flexibility index (Phi) is 4.09. The average molecular weight is 289 g/mol. The fourth-order valence-electron chi connectivity index (χ4n) is 2.20. The van der Waals surface area contributed by atoms with Crippen molar-refractivity contribution in [1.29, 1.82) is 0 Å². The number of rotatable bonds is 4. The summed E-state index contributed by atoms with van der Waals surface area (Å²) in [7, 11) is 1.61. The highest BCUT2D eigenvalue weighted by atomic mass is 16.2. The first-order chi connectivity index (χ1) is 9.86. The van der Waals surface area contributed by atoms with Gasteiger partial charge in [-0.15, -0.1) is 0 Å². The van der Waals surface area contributed by atoms with Crippen LogP contribution < -0.4 is 5.73 Å². The summed E-state index contributed by atoms with van der Waals surface area (Å²) < 4.78 is 0. The van der Waals surface area contributed by atoms with Gasteiger partial charge in [0.1, 0.15) is 6.54 Å². The maximum absolute atomic E-state index is 12.3. The van der Waals surface area contributed by atoms with Gasteiger partial charge in [0.05, 0.1) is 11.1 Å². The number of nitrogens with two attached hydrogens (primary N) is 1. The molecule has 1 unspecified atom stereocenters. The van der Waals surface area contributed by atoms with E-state index in [1.165, 1.54) is 4.90 Å². The molecule has 6 nitrogen and oxygen atoms in total. The molecule has 0 bridgehead atoms. The van der Waals surface area contributed by atoms with Crippen LogP contribution in [0.25, 0.3) is 0 Å². The summed E-state index contributed by atoms with van der Waals surface area (Å²) in [6.45, 7) is 3.72. The van der Waals surface area contributed by atoms with Crippen LogP contribution in [0, 0.1) is 6.92 Å². The smallest absolute Gasteiger partial charge is 0.262 e. The number of carbonyl (C=O) groups is 3. The third kappa shape index (κ3) is 2.67. The van der Waals surface area contributed by atoms with E-state index >= 15 is 0 Å². The number of carbonyl (C=O) groups excluding carboxylic acids is 3. The monoisotopic (exact) mass is 289 g/mol. The quantitative estimate of drug-likeness (QED) is 0.813. The van der Waals surface area contributed by atoms with Gasteiger partial charge in [0.25, 0.3) is 11.8 Å². The minimum atomic E-state index is -0.419. The number of hydrogen-bond donors (Lipinski definition) is 1. The molecule has 0 saturated heterocycles. The van der Waals surface area contributed by atoms with Crippen molar-refractivity contribution >= 4 is 17.7 Å². The molecule has 21 heavy (non-hydrogen) atoms. The fraction of sp³-hybridized carbons (Fsp3) is 0.400. The van der Waals surface area contributed by atoms with Crippen LogP contribution in [0.15, 0.2) is 18.2 Å². The molecule has 1 atom stereocenters. The van der Waals surface area contributed by atoms with Crippen LogP contribution in [0.4, 0.5) is 0 Å². The van der Waals surface area contributed by atoms with Gasteiger partial charge in [0.15, 0.2) is 0 Å². The molecule has 1 heterocycles. The minimum Gasteiger partial charge on any atom is -0.340 e. The molecule has 0 aromatic heterocycles. The summed E-state index contributed by atoms with van der Waals surface area (Å²) in [6.07, 6.45) is 0. The molecule has 1 aromatic carbocycles. The molecule has 0 spiro atoms. The van der Waals surface area contributed by atoms with Gasteiger partial charge in [-0.3, -0.25) is 19.3 Å². The van der Waals surface area contributed by atoms with Crippen molar-refractivity contribution in [3.8, 4) is 0 Å². The third-order valence-corrected chi connectivity index (χ3v) is 3.82. The zero-order chi connectivity index (χ0) is 15.7. The van der Waals surface area contributed by atoms with Crippen molar-refractivity contribution in [2.75, 3.05) is 20.1 Å². The van der Waals surface area contributed by atoms with Crippen molar-refractivity contribution in [1.82, 2.24) is 9.80 Å². The summed E-state index contributed by atoms with van der Waals surface area (Å²) in [5.74, 6) is -1.14. The van der Waals surface area contributed by atoms with Gasteiger partial charge in [-0.1, -0.05) is 11.6 Å². The van der Waals surface area contributed by atoms with Gasteiger partial charge < -0.3 is 10.6 Å². The van der Waals surface area contributed by atoms with Crippen LogP contribution >= 0.6 is 0 Å². The molecule has 0 aliphatic carbocycles. The zero-order valence-corrected chi connectivity index (χ0v) is 12.4. The van der Waals surface area contributed by atoms with Gasteiger partial charge >= 0.3 is 0 Å². The Labute approximate surface area is 123 Å². The Bertz CT molecular complexity index is 612. The number of aryl methyl sites for hydroxylation is 1. The van der Waals surface area contributed by atoms with E-state index in [0.717, 1.165) is 10.5 Å². The minimum absolute atomic E-state index is 0.144. The van der Waals surface area contributed by atoms with Gasteiger partial charge in [0.2, 0.25) is 5.91 Å². The molecule has 1 aliphatic rings. The molecule has 6 heteroatoms. The number of likely N-dealkylation sites (N-methyl/N-ethyl adjacent to an activating group) is 1. The molecule has 1 aliphatic heterocycles. The number of hydrogen-bond acceptors (Lipinski definition) is 4. The van der Waals surface area contributed by atoms with Crippen LogP contribution in [0.1, 0.15) is 33.2 Å². The number of fused-ring (bicyclic) bond motifs is 1. The Balaban J connectivity index is 2.19. The predicted molar refractivity (Wildman–Crippen MR) is 77.8 cm³/mol. The lowest BCUT2D eigenvalue weighted by atomic mass is 10.1. The summed E-state index contributed by atoms with van der Waals surface area (Å²) in [5, 5.41) is 0. The molecular formula is C15H19N3O3. The van der Waals surface area contributed by atoms with E-state index in [2.05, 4.69) is 0 Å². The van der Waals surface area contributed by atoms with Gasteiger partial charge in [-0.25, -0.2) is 0 Å². The number of benzene rings is 1. The lowest BCUT2D eigenvalue weighted by molar-refractivity contribution is -0.131. The Morgan fingerprint density at radius 1 is 1.29 bits per heavy atom. The molecule has 2 N–H and O–H groups in total. The SMILES string of the molecule is Cc1ccc2c(c1)C(=O)N(CC(=O)N(C)C(C)CN)C2=O. The molecule has 3 amide bonds. The van der Waals surface area contributed by atoms with E-state index in [4.69, 9.17) is 5.73 Å². The number of nitrogens with zero attached hydrogens (tertiary/aromatic N) is 2. The van der Waals surface area contributed by atoms with Gasteiger partial charge in [-0.05, 0) is 26.0 Å². The summed E-state index contributed by atoms with van der Waals surface area (Å²) in [5.41, 5.74) is 7.14. The molecular weight excluding hydrogens is 270 g/mol. The molecule has 0 radical (unpaired) electrons. The maximum atomic E-state index is 12.3. The van der Waals surface area contributed by atoms with Crippen molar-refractivity contribution in [2.45, 2.75) is 19.9 Å². The summed E-state index contributed by atoms with van der Waals surface area (Å²) in [6, 6.07) is 4.93. The van der Waals surface area contributed by atoms with Crippen molar-refractivity contribution in [3.63, 3.8) is 0 Å². The molecule has 0 fully saturated rings. The van der Waals surface area contributed by atoms with E-state index in [0.29, 0.717) is 17.7 Å². The standard InChI is InChI=1S/C15H19N3O3/c1-9-4-5-11-12(6-9)15(21)18(14(11)20)8-13(19)17(3)10(2)7-16/h4-6,10H,7-8,16H2,1-3H3. The highest BCUT2D eigenvalue weighted by molar-refractivity contribution is 6.22. The van der Waals surface area contributed by atoms with Crippen molar-refractivity contribution < 1.29 is 14.4 Å². The van der Waals surface area contributed by atoms with Crippen LogP contribution in [-0.2, 0) is 4.79 Å². The second-order valence-corrected chi connectivity index (χ2v) is 5.33. The maximum Gasteiger partial charge on any atom is 0.262 e. The topological polar surface area (TPSA) is 83.7 Å². The molecule has 2 rings (SSSR count). The first-order valence-corrected chi connectivity index (χ1v) is 6.79. The second-order valence-electron chi connectivity index (χ2n) is 5.33. The van der Waals surface area contributed by atoms with Crippen LogP contribution in [0.3, 0.4) is 0 Å². The summed E-state index contributed by atoms with van der Waals surface area (Å²) >= 11 is 0. The Morgan fingerprint density at radius 2 is 1.90 bits per heavy atom. The van der Waals surface area contributed by atoms with E-state index in [1.807, 2.05) is 13.8 Å². The van der Waals surface area contributed by atoms with Crippen molar-refractivity contribution in [2.24, 2.45) is 5.73 Å². The molecule has 1 aromatic rings. The van der Waals surface area contributed by atoms with Crippen LogP contribution in [-0.4, -0.2) is 53.7 Å². The largest absolute Gasteiger partial charge is 0.340 e. The fourth-order valence-corrected chi connectivity index (χ4v) is 2.20. The van der Waals surface area contributed by atoms with Crippen LogP contribution in [0.5, 0.6) is 0 Å².